The van der Waals surface area contributed by atoms with Crippen molar-refractivity contribution < 1.29 is 13.9 Å². The van der Waals surface area contributed by atoms with E-state index in [0.717, 1.165) is 77.0 Å². The Morgan fingerprint density at radius 3 is 2.64 bits per heavy atom. The Hall–Kier alpha value is -0.800. The molecule has 3 rings (SSSR count). The molecule has 0 aromatic carbocycles. The average Bonchev–Trinajstić information content (AvgIpc) is 3.32. The Morgan fingerprint density at radius 1 is 1.24 bits per heavy atom. The molecule has 0 spiro atoms. The molecule has 3 heterocycles. The molecule has 2 saturated heterocycles. The van der Waals surface area contributed by atoms with Gasteiger partial charge in [-0.25, -0.2) is 0 Å². The summed E-state index contributed by atoms with van der Waals surface area (Å²) in [7, 11) is 2.11. The highest BCUT2D eigenvalue weighted by molar-refractivity contribution is 14.0. The zero-order valence-corrected chi connectivity index (χ0v) is 17.3. The first-order valence-corrected chi connectivity index (χ1v) is 8.98. The minimum absolute atomic E-state index is 0. The number of hydrogen-bond acceptors (Lipinski definition) is 4. The molecule has 2 atom stereocenters. The molecule has 2 fully saturated rings. The van der Waals surface area contributed by atoms with Crippen molar-refractivity contribution >= 4 is 29.9 Å². The van der Waals surface area contributed by atoms with Crippen molar-refractivity contribution in [1.82, 2.24) is 10.2 Å². The van der Waals surface area contributed by atoms with Gasteiger partial charge >= 0.3 is 0 Å². The van der Waals surface area contributed by atoms with E-state index in [1.54, 1.807) is 6.26 Å². The van der Waals surface area contributed by atoms with Gasteiger partial charge in [-0.1, -0.05) is 0 Å². The number of nitrogens with one attached hydrogen (secondary N) is 1. The van der Waals surface area contributed by atoms with E-state index in [1.165, 1.54) is 0 Å². The number of hydrogen-bond donors (Lipinski definition) is 1. The lowest BCUT2D eigenvalue weighted by atomic mass is 10.1. The second kappa shape index (κ2) is 11.0. The highest BCUT2D eigenvalue weighted by atomic mass is 127. The van der Waals surface area contributed by atoms with Gasteiger partial charge < -0.3 is 24.1 Å². The predicted molar refractivity (Wildman–Crippen MR) is 109 cm³/mol. The molecule has 25 heavy (non-hydrogen) atoms. The van der Waals surface area contributed by atoms with Crippen LogP contribution in [0.5, 0.6) is 0 Å². The first-order chi connectivity index (χ1) is 11.8. The van der Waals surface area contributed by atoms with E-state index in [9.17, 15) is 0 Å². The molecular formula is C18H30IN3O3. The van der Waals surface area contributed by atoms with E-state index in [4.69, 9.17) is 18.9 Å². The Morgan fingerprint density at radius 2 is 2.00 bits per heavy atom. The van der Waals surface area contributed by atoms with Crippen LogP contribution in [0.25, 0.3) is 0 Å². The van der Waals surface area contributed by atoms with Gasteiger partial charge in [0, 0.05) is 58.2 Å². The monoisotopic (exact) mass is 463 g/mol. The zero-order chi connectivity index (χ0) is 16.6. The van der Waals surface area contributed by atoms with Crippen LogP contribution in [0.15, 0.2) is 27.8 Å². The van der Waals surface area contributed by atoms with Gasteiger partial charge in [0.1, 0.15) is 5.76 Å². The Labute approximate surface area is 167 Å². The fourth-order valence-corrected chi connectivity index (χ4v) is 3.21. The molecular weight excluding hydrogens is 433 g/mol. The lowest BCUT2D eigenvalue weighted by Crippen LogP contribution is -2.42. The molecule has 7 heteroatoms. The highest BCUT2D eigenvalue weighted by Crippen LogP contribution is 2.15. The van der Waals surface area contributed by atoms with Crippen molar-refractivity contribution in [3.8, 4) is 0 Å². The number of rotatable bonds is 7. The second-order valence-corrected chi connectivity index (χ2v) is 6.76. The maximum atomic E-state index is 5.49. The Kier molecular flexibility index (Phi) is 9.05. The van der Waals surface area contributed by atoms with Crippen LogP contribution < -0.4 is 5.32 Å². The van der Waals surface area contributed by atoms with Crippen LogP contribution in [-0.4, -0.2) is 64.0 Å². The van der Waals surface area contributed by atoms with E-state index in [2.05, 4.69) is 17.3 Å². The largest absolute Gasteiger partial charge is 0.469 e. The van der Waals surface area contributed by atoms with E-state index < -0.39 is 0 Å². The molecule has 0 bridgehead atoms. The summed E-state index contributed by atoms with van der Waals surface area (Å²) >= 11 is 0. The summed E-state index contributed by atoms with van der Waals surface area (Å²) < 4.78 is 16.3. The summed E-state index contributed by atoms with van der Waals surface area (Å²) in [4.78, 5) is 7.08. The smallest absolute Gasteiger partial charge is 0.193 e. The number of furan rings is 1. The number of aliphatic imine (C=N–C) groups is 1. The highest BCUT2D eigenvalue weighted by Gasteiger charge is 2.20. The Balaban J connectivity index is 0.00000225. The van der Waals surface area contributed by atoms with Gasteiger partial charge in [-0.15, -0.1) is 24.0 Å². The van der Waals surface area contributed by atoms with Crippen LogP contribution in [0.1, 0.15) is 18.6 Å². The number of guanidine groups is 1. The first kappa shape index (κ1) is 20.5. The summed E-state index contributed by atoms with van der Waals surface area (Å²) in [5.74, 6) is 3.12. The van der Waals surface area contributed by atoms with Gasteiger partial charge in [0.2, 0.25) is 0 Å². The van der Waals surface area contributed by atoms with Crippen LogP contribution in [-0.2, 0) is 15.9 Å². The van der Waals surface area contributed by atoms with Gasteiger partial charge in [-0.2, -0.15) is 0 Å². The van der Waals surface area contributed by atoms with Crippen molar-refractivity contribution in [3.05, 3.63) is 24.2 Å². The molecule has 2 unspecified atom stereocenters. The van der Waals surface area contributed by atoms with Gasteiger partial charge in [0.25, 0.3) is 0 Å². The molecule has 142 valence electrons. The predicted octanol–water partition coefficient (Wildman–Crippen LogP) is 2.39. The van der Waals surface area contributed by atoms with E-state index in [0.29, 0.717) is 11.8 Å². The quantitative estimate of drug-likeness (QED) is 0.383. The standard InChI is InChI=1S/C18H29N3O3.HI/c1-21(12-16-6-10-23-14-16)18(20-11-15-5-9-22-13-15)19-7-4-17-3-2-8-24-17;/h2-3,8,15-16H,4-7,9-14H2,1H3,(H,19,20);1H. The molecule has 1 aromatic heterocycles. The lowest BCUT2D eigenvalue weighted by Gasteiger charge is -2.25. The average molecular weight is 463 g/mol. The fourth-order valence-electron chi connectivity index (χ4n) is 3.21. The minimum atomic E-state index is 0. The summed E-state index contributed by atoms with van der Waals surface area (Å²) in [6.45, 7) is 6.08. The molecule has 0 radical (unpaired) electrons. The van der Waals surface area contributed by atoms with Crippen LogP contribution >= 0.6 is 24.0 Å². The molecule has 2 aliphatic rings. The molecule has 6 nitrogen and oxygen atoms in total. The zero-order valence-electron chi connectivity index (χ0n) is 15.0. The third-order valence-electron chi connectivity index (χ3n) is 4.68. The van der Waals surface area contributed by atoms with Crippen molar-refractivity contribution in [3.63, 3.8) is 0 Å². The van der Waals surface area contributed by atoms with Gasteiger partial charge in [0.05, 0.1) is 19.5 Å². The fraction of sp³-hybridized carbons (Fsp3) is 0.722. The van der Waals surface area contributed by atoms with E-state index in [1.807, 2.05) is 12.1 Å². The number of ether oxygens (including phenoxy) is 2. The third kappa shape index (κ3) is 6.79. The summed E-state index contributed by atoms with van der Waals surface area (Å²) in [5.41, 5.74) is 0. The summed E-state index contributed by atoms with van der Waals surface area (Å²) in [6, 6.07) is 3.94. The maximum absolute atomic E-state index is 5.49. The number of nitrogens with zero attached hydrogens (tertiary/aromatic N) is 2. The van der Waals surface area contributed by atoms with Crippen LogP contribution in [0.2, 0.25) is 0 Å². The molecule has 0 saturated carbocycles. The maximum Gasteiger partial charge on any atom is 0.193 e. The van der Waals surface area contributed by atoms with Gasteiger partial charge in [-0.05, 0) is 25.0 Å². The minimum Gasteiger partial charge on any atom is -0.469 e. The SMILES string of the molecule is CN(CC1CCOC1)C(=NCC1CCOC1)NCCc1ccco1.I. The normalized spacial score (nSPS) is 23.5. The van der Waals surface area contributed by atoms with Gasteiger partial charge in [-0.3, -0.25) is 4.99 Å². The van der Waals surface area contributed by atoms with E-state index >= 15 is 0 Å². The first-order valence-electron chi connectivity index (χ1n) is 8.98. The van der Waals surface area contributed by atoms with Gasteiger partial charge in [0.15, 0.2) is 5.96 Å². The van der Waals surface area contributed by atoms with Crippen LogP contribution in [0, 0.1) is 11.8 Å². The van der Waals surface area contributed by atoms with Crippen LogP contribution in [0.3, 0.4) is 0 Å². The summed E-state index contributed by atoms with van der Waals surface area (Å²) in [6.07, 6.45) is 4.83. The second-order valence-electron chi connectivity index (χ2n) is 6.76. The molecule has 2 aliphatic heterocycles. The molecule has 1 aromatic rings. The lowest BCUT2D eigenvalue weighted by molar-refractivity contribution is 0.181. The molecule has 0 aliphatic carbocycles. The van der Waals surface area contributed by atoms with Crippen molar-refractivity contribution in [2.24, 2.45) is 16.8 Å². The number of halogens is 1. The topological polar surface area (TPSA) is 59.2 Å². The van der Waals surface area contributed by atoms with Crippen LogP contribution in [0.4, 0.5) is 0 Å². The summed E-state index contributed by atoms with van der Waals surface area (Å²) in [5, 5.41) is 3.49. The molecule has 1 N–H and O–H groups in total. The van der Waals surface area contributed by atoms with Crippen molar-refractivity contribution in [2.75, 3.05) is 53.1 Å². The van der Waals surface area contributed by atoms with E-state index in [-0.39, 0.29) is 24.0 Å². The van der Waals surface area contributed by atoms with Crippen molar-refractivity contribution in [2.45, 2.75) is 19.3 Å². The Bertz CT molecular complexity index is 498. The molecule has 0 amide bonds. The van der Waals surface area contributed by atoms with Crippen molar-refractivity contribution in [1.29, 1.82) is 0 Å². The third-order valence-corrected chi connectivity index (χ3v) is 4.68.